The molecule has 0 saturated carbocycles. The number of hydrogen-bond donors (Lipinski definition) is 1. The van der Waals surface area contributed by atoms with Crippen LogP contribution in [-0.2, 0) is 4.79 Å². The van der Waals surface area contributed by atoms with Crippen molar-refractivity contribution >= 4 is 29.2 Å². The van der Waals surface area contributed by atoms with Gasteiger partial charge < -0.3 is 10.1 Å². The van der Waals surface area contributed by atoms with Crippen LogP contribution in [0.3, 0.4) is 0 Å². The molecule has 31 heavy (non-hydrogen) atoms. The summed E-state index contributed by atoms with van der Waals surface area (Å²) in [5.74, 6) is -0.0457. The van der Waals surface area contributed by atoms with Crippen LogP contribution in [0.2, 0.25) is 0 Å². The second-order valence-electron chi connectivity index (χ2n) is 7.17. The molecule has 0 saturated heterocycles. The third kappa shape index (κ3) is 4.16. The minimum absolute atomic E-state index is 0.188. The lowest BCUT2D eigenvalue weighted by Crippen LogP contribution is -2.21. The SMILES string of the molecule is CCCOc1ccccc1/C=C/C(=O)Nc1ccc2c(c1)C(=O)c1ccccc1C2=O. The quantitative estimate of drug-likeness (QED) is 0.458. The van der Waals surface area contributed by atoms with E-state index in [1.54, 1.807) is 48.5 Å². The van der Waals surface area contributed by atoms with E-state index < -0.39 is 0 Å². The van der Waals surface area contributed by atoms with Gasteiger partial charge >= 0.3 is 0 Å². The number of para-hydroxylation sites is 1. The van der Waals surface area contributed by atoms with Crippen LogP contribution >= 0.6 is 0 Å². The average molecular weight is 411 g/mol. The number of carbonyl (C=O) groups is 3. The molecule has 0 fully saturated rings. The van der Waals surface area contributed by atoms with E-state index in [0.717, 1.165) is 12.0 Å². The Hall–Kier alpha value is -3.99. The van der Waals surface area contributed by atoms with Gasteiger partial charge in [-0.1, -0.05) is 49.4 Å². The fraction of sp³-hybridized carbons (Fsp3) is 0.115. The van der Waals surface area contributed by atoms with Gasteiger partial charge in [0.25, 0.3) is 0 Å². The molecule has 3 aromatic carbocycles. The Morgan fingerprint density at radius 3 is 2.26 bits per heavy atom. The molecule has 4 rings (SSSR count). The molecule has 0 aliphatic heterocycles. The van der Waals surface area contributed by atoms with E-state index in [4.69, 9.17) is 4.74 Å². The number of hydrogen-bond acceptors (Lipinski definition) is 4. The number of rotatable bonds is 6. The van der Waals surface area contributed by atoms with Gasteiger partial charge in [-0.25, -0.2) is 0 Å². The molecule has 5 heteroatoms. The van der Waals surface area contributed by atoms with Crippen LogP contribution < -0.4 is 10.1 Å². The highest BCUT2D eigenvalue weighted by atomic mass is 16.5. The van der Waals surface area contributed by atoms with Gasteiger partial charge in [0, 0.05) is 39.6 Å². The van der Waals surface area contributed by atoms with E-state index in [2.05, 4.69) is 5.32 Å². The fourth-order valence-corrected chi connectivity index (χ4v) is 3.49. The van der Waals surface area contributed by atoms with E-state index in [9.17, 15) is 14.4 Å². The van der Waals surface area contributed by atoms with Crippen LogP contribution in [0.4, 0.5) is 5.69 Å². The lowest BCUT2D eigenvalue weighted by molar-refractivity contribution is -0.111. The zero-order chi connectivity index (χ0) is 21.8. The molecule has 0 unspecified atom stereocenters. The maximum absolute atomic E-state index is 12.8. The lowest BCUT2D eigenvalue weighted by Gasteiger charge is -2.18. The fourth-order valence-electron chi connectivity index (χ4n) is 3.49. The number of benzene rings is 3. The largest absolute Gasteiger partial charge is 0.493 e. The first-order valence-electron chi connectivity index (χ1n) is 10.1. The average Bonchev–Trinajstić information content (AvgIpc) is 2.80. The third-order valence-electron chi connectivity index (χ3n) is 4.99. The third-order valence-corrected chi connectivity index (χ3v) is 4.99. The molecule has 3 aromatic rings. The van der Waals surface area contributed by atoms with E-state index in [1.807, 2.05) is 31.2 Å². The van der Waals surface area contributed by atoms with Crippen molar-refractivity contribution < 1.29 is 19.1 Å². The summed E-state index contributed by atoms with van der Waals surface area (Å²) in [5, 5.41) is 2.75. The Morgan fingerprint density at radius 2 is 1.52 bits per heavy atom. The van der Waals surface area contributed by atoms with Crippen LogP contribution in [0.1, 0.15) is 50.8 Å². The Bertz CT molecular complexity index is 1210. The lowest BCUT2D eigenvalue weighted by atomic mass is 9.84. The molecule has 0 bridgehead atoms. The van der Waals surface area contributed by atoms with Gasteiger partial charge in [-0.3, -0.25) is 14.4 Å². The minimum Gasteiger partial charge on any atom is -0.493 e. The summed E-state index contributed by atoms with van der Waals surface area (Å²) in [4.78, 5) is 38.0. The van der Waals surface area contributed by atoms with Crippen molar-refractivity contribution in [3.05, 3.63) is 101 Å². The monoisotopic (exact) mass is 411 g/mol. The first-order chi connectivity index (χ1) is 15.1. The Labute approximate surface area is 180 Å². The van der Waals surface area contributed by atoms with Crippen molar-refractivity contribution in [3.63, 3.8) is 0 Å². The van der Waals surface area contributed by atoms with Crippen molar-refractivity contribution in [2.45, 2.75) is 13.3 Å². The van der Waals surface area contributed by atoms with Crippen molar-refractivity contribution in [2.75, 3.05) is 11.9 Å². The molecule has 1 amide bonds. The predicted molar refractivity (Wildman–Crippen MR) is 120 cm³/mol. The molecule has 1 aliphatic carbocycles. The highest BCUT2D eigenvalue weighted by Crippen LogP contribution is 2.29. The summed E-state index contributed by atoms with van der Waals surface area (Å²) >= 11 is 0. The normalized spacial score (nSPS) is 12.4. The Morgan fingerprint density at radius 1 is 0.871 bits per heavy atom. The van der Waals surface area contributed by atoms with Gasteiger partial charge in [-0.2, -0.15) is 0 Å². The first kappa shape index (κ1) is 20.3. The number of fused-ring (bicyclic) bond motifs is 2. The van der Waals surface area contributed by atoms with Gasteiger partial charge in [-0.15, -0.1) is 0 Å². The number of ether oxygens (including phenoxy) is 1. The minimum atomic E-state index is -0.347. The van der Waals surface area contributed by atoms with E-state index in [-0.39, 0.29) is 17.5 Å². The van der Waals surface area contributed by atoms with Gasteiger partial charge in [0.15, 0.2) is 11.6 Å². The molecular formula is C26H21NO4. The van der Waals surface area contributed by atoms with Crippen LogP contribution in [0.15, 0.2) is 72.8 Å². The molecule has 1 aliphatic rings. The highest BCUT2D eigenvalue weighted by molar-refractivity contribution is 6.28. The van der Waals surface area contributed by atoms with Crippen molar-refractivity contribution in [3.8, 4) is 5.75 Å². The maximum Gasteiger partial charge on any atom is 0.248 e. The second-order valence-corrected chi connectivity index (χ2v) is 7.17. The first-order valence-corrected chi connectivity index (χ1v) is 10.1. The van der Waals surface area contributed by atoms with Crippen molar-refractivity contribution in [1.29, 1.82) is 0 Å². The van der Waals surface area contributed by atoms with Crippen LogP contribution in [0, 0.1) is 0 Å². The molecule has 0 radical (unpaired) electrons. The molecule has 0 aromatic heterocycles. The zero-order valence-corrected chi connectivity index (χ0v) is 17.1. The van der Waals surface area contributed by atoms with Gasteiger partial charge in [0.1, 0.15) is 5.75 Å². The summed E-state index contributed by atoms with van der Waals surface area (Å²) in [7, 11) is 0. The maximum atomic E-state index is 12.8. The predicted octanol–water partition coefficient (Wildman–Crippen LogP) is 4.90. The smallest absolute Gasteiger partial charge is 0.248 e. The Balaban J connectivity index is 1.52. The highest BCUT2D eigenvalue weighted by Gasteiger charge is 2.29. The van der Waals surface area contributed by atoms with Crippen LogP contribution in [0.5, 0.6) is 5.75 Å². The molecule has 154 valence electrons. The summed E-state index contributed by atoms with van der Waals surface area (Å²) in [5.41, 5.74) is 2.68. The summed E-state index contributed by atoms with van der Waals surface area (Å²) in [6.07, 6.45) is 3.99. The zero-order valence-electron chi connectivity index (χ0n) is 17.1. The van der Waals surface area contributed by atoms with E-state index in [0.29, 0.717) is 40.3 Å². The number of nitrogens with one attached hydrogen (secondary N) is 1. The number of amides is 1. The topological polar surface area (TPSA) is 72.5 Å². The number of carbonyl (C=O) groups excluding carboxylic acids is 3. The summed E-state index contributed by atoms with van der Waals surface area (Å²) in [6, 6.07) is 19.0. The molecule has 0 spiro atoms. The number of anilines is 1. The van der Waals surface area contributed by atoms with Crippen LogP contribution in [0.25, 0.3) is 6.08 Å². The van der Waals surface area contributed by atoms with Crippen molar-refractivity contribution in [2.24, 2.45) is 0 Å². The molecular weight excluding hydrogens is 390 g/mol. The molecule has 1 N–H and O–H groups in total. The van der Waals surface area contributed by atoms with Gasteiger partial charge in [-0.05, 0) is 36.8 Å². The van der Waals surface area contributed by atoms with E-state index >= 15 is 0 Å². The van der Waals surface area contributed by atoms with Crippen molar-refractivity contribution in [1.82, 2.24) is 0 Å². The second kappa shape index (κ2) is 8.79. The van der Waals surface area contributed by atoms with Gasteiger partial charge in [0.05, 0.1) is 6.61 Å². The standard InChI is InChI=1S/C26H21NO4/c1-2-15-31-23-10-6-3-7-17(23)11-14-24(28)27-18-12-13-21-22(16-18)26(30)20-9-5-4-8-19(20)25(21)29/h3-14,16H,2,15H2,1H3,(H,27,28)/b14-11+. The van der Waals surface area contributed by atoms with E-state index in [1.165, 1.54) is 6.08 Å². The number of ketones is 2. The van der Waals surface area contributed by atoms with Crippen LogP contribution in [-0.4, -0.2) is 24.1 Å². The molecule has 0 atom stereocenters. The van der Waals surface area contributed by atoms with Gasteiger partial charge in [0.2, 0.25) is 5.91 Å². The molecule has 5 nitrogen and oxygen atoms in total. The summed E-state index contributed by atoms with van der Waals surface area (Å²) in [6.45, 7) is 2.63. The Kier molecular flexibility index (Phi) is 5.76. The summed E-state index contributed by atoms with van der Waals surface area (Å²) < 4.78 is 5.70. The molecule has 0 heterocycles.